The van der Waals surface area contributed by atoms with Crippen molar-refractivity contribution in [2.24, 2.45) is 0 Å². The molecule has 6 nitrogen and oxygen atoms in total. The summed E-state index contributed by atoms with van der Waals surface area (Å²) in [6.07, 6.45) is 0. The van der Waals surface area contributed by atoms with E-state index in [0.717, 1.165) is 0 Å². The Labute approximate surface area is 168 Å². The molecule has 0 saturated carbocycles. The Morgan fingerprint density at radius 1 is 1.00 bits per heavy atom. The Bertz CT molecular complexity index is 869. The summed E-state index contributed by atoms with van der Waals surface area (Å²) in [7, 11) is 0. The van der Waals surface area contributed by atoms with E-state index in [-0.39, 0.29) is 30.1 Å². The van der Waals surface area contributed by atoms with Crippen LogP contribution < -0.4 is 10.6 Å². The number of carbonyl (C=O) groups is 2. The molecule has 29 heavy (non-hydrogen) atoms. The van der Waals surface area contributed by atoms with Crippen molar-refractivity contribution < 1.29 is 18.4 Å². The molecule has 8 heteroatoms. The predicted octanol–water partition coefficient (Wildman–Crippen LogP) is 2.55. The second-order valence-corrected chi connectivity index (χ2v) is 7.02. The molecule has 1 atom stereocenters. The molecule has 1 aliphatic heterocycles. The molecule has 3 rings (SSSR count). The van der Waals surface area contributed by atoms with Gasteiger partial charge < -0.3 is 10.6 Å². The van der Waals surface area contributed by atoms with Gasteiger partial charge in [-0.15, -0.1) is 0 Å². The van der Waals surface area contributed by atoms with E-state index in [9.17, 15) is 18.4 Å². The van der Waals surface area contributed by atoms with Gasteiger partial charge in [0, 0.05) is 31.9 Å². The van der Waals surface area contributed by atoms with E-state index in [1.54, 1.807) is 31.2 Å². The molecule has 2 aromatic rings. The fourth-order valence-corrected chi connectivity index (χ4v) is 3.24. The lowest BCUT2D eigenvalue weighted by Crippen LogP contribution is -2.53. The van der Waals surface area contributed by atoms with Gasteiger partial charge in [0.05, 0.1) is 18.3 Å². The summed E-state index contributed by atoms with van der Waals surface area (Å²) in [5.41, 5.74) is 0.587. The molecular weight excluding hydrogens is 378 g/mol. The summed E-state index contributed by atoms with van der Waals surface area (Å²) in [4.78, 5) is 28.6. The lowest BCUT2D eigenvalue weighted by molar-refractivity contribution is -0.122. The lowest BCUT2D eigenvalue weighted by Gasteiger charge is -2.37. The Hall–Kier alpha value is -2.84. The van der Waals surface area contributed by atoms with Gasteiger partial charge in [0.15, 0.2) is 0 Å². The number of benzene rings is 2. The second-order valence-electron chi connectivity index (χ2n) is 7.02. The summed E-state index contributed by atoms with van der Waals surface area (Å²) in [5, 5.41) is 5.30. The lowest BCUT2D eigenvalue weighted by atomic mass is 10.2. The van der Waals surface area contributed by atoms with Gasteiger partial charge in [0.25, 0.3) is 0 Å². The number of piperazine rings is 1. The van der Waals surface area contributed by atoms with E-state index in [0.29, 0.717) is 31.9 Å². The number of para-hydroxylation sites is 1. The predicted molar refractivity (Wildman–Crippen MR) is 108 cm³/mol. The highest BCUT2D eigenvalue weighted by Gasteiger charge is 2.26. The van der Waals surface area contributed by atoms with Crippen molar-refractivity contribution in [1.29, 1.82) is 0 Å². The number of hydrogen-bond donors (Lipinski definition) is 2. The summed E-state index contributed by atoms with van der Waals surface area (Å²) < 4.78 is 26.9. The Morgan fingerprint density at radius 3 is 2.41 bits per heavy atom. The average Bonchev–Trinajstić information content (AvgIpc) is 2.70. The normalized spacial score (nSPS) is 16.2. The van der Waals surface area contributed by atoms with E-state index < -0.39 is 11.6 Å². The molecule has 1 fully saturated rings. The van der Waals surface area contributed by atoms with Gasteiger partial charge in [-0.05, 0) is 37.3 Å². The van der Waals surface area contributed by atoms with Crippen LogP contribution in [-0.4, -0.2) is 60.4 Å². The third-order valence-electron chi connectivity index (χ3n) is 4.94. The topological polar surface area (TPSA) is 64.7 Å². The molecule has 2 aromatic carbocycles. The SMILES string of the molecule is CC(C(=O)Nc1cccc(F)c1)N1CCN(CC(=O)Nc2ccccc2F)CC1. The molecule has 1 heterocycles. The van der Waals surface area contributed by atoms with Crippen molar-refractivity contribution in [2.45, 2.75) is 13.0 Å². The molecule has 0 bridgehead atoms. The van der Waals surface area contributed by atoms with Crippen molar-refractivity contribution >= 4 is 23.2 Å². The first-order valence-electron chi connectivity index (χ1n) is 9.49. The van der Waals surface area contributed by atoms with Gasteiger partial charge in [-0.3, -0.25) is 19.4 Å². The third kappa shape index (κ3) is 5.82. The minimum Gasteiger partial charge on any atom is -0.325 e. The maximum Gasteiger partial charge on any atom is 0.241 e. The van der Waals surface area contributed by atoms with Crippen LogP contribution in [0.5, 0.6) is 0 Å². The molecule has 1 unspecified atom stereocenters. The van der Waals surface area contributed by atoms with Crippen molar-refractivity contribution in [3.05, 3.63) is 60.2 Å². The quantitative estimate of drug-likeness (QED) is 0.780. The smallest absolute Gasteiger partial charge is 0.241 e. The zero-order valence-corrected chi connectivity index (χ0v) is 16.2. The van der Waals surface area contributed by atoms with Crippen LogP contribution in [0.2, 0.25) is 0 Å². The number of hydrogen-bond acceptors (Lipinski definition) is 4. The first-order chi connectivity index (χ1) is 13.9. The maximum absolute atomic E-state index is 13.6. The number of halogens is 2. The molecule has 0 aliphatic carbocycles. The standard InChI is InChI=1S/C21H24F2N4O2/c1-15(21(29)24-17-6-4-5-16(22)13-17)27-11-9-26(10-12-27)14-20(28)25-19-8-3-2-7-18(19)23/h2-8,13,15H,9-12,14H2,1H3,(H,24,29)(H,25,28). The van der Waals surface area contributed by atoms with Gasteiger partial charge >= 0.3 is 0 Å². The fraction of sp³-hybridized carbons (Fsp3) is 0.333. The fourth-order valence-electron chi connectivity index (χ4n) is 3.24. The molecule has 0 radical (unpaired) electrons. The van der Waals surface area contributed by atoms with Crippen LogP contribution >= 0.6 is 0 Å². The Balaban J connectivity index is 1.45. The van der Waals surface area contributed by atoms with E-state index >= 15 is 0 Å². The largest absolute Gasteiger partial charge is 0.325 e. The first-order valence-corrected chi connectivity index (χ1v) is 9.49. The van der Waals surface area contributed by atoms with Gasteiger partial charge in [-0.2, -0.15) is 0 Å². The number of carbonyl (C=O) groups excluding carboxylic acids is 2. The van der Waals surface area contributed by atoms with Gasteiger partial charge in [-0.25, -0.2) is 8.78 Å². The molecule has 0 aromatic heterocycles. The molecule has 0 spiro atoms. The summed E-state index contributed by atoms with van der Waals surface area (Å²) in [6, 6.07) is 11.4. The number of amides is 2. The summed E-state index contributed by atoms with van der Waals surface area (Å²) in [6.45, 7) is 4.42. The van der Waals surface area contributed by atoms with E-state index in [2.05, 4.69) is 10.6 Å². The van der Waals surface area contributed by atoms with Crippen LogP contribution in [0.3, 0.4) is 0 Å². The highest BCUT2D eigenvalue weighted by atomic mass is 19.1. The van der Waals surface area contributed by atoms with E-state index in [1.165, 1.54) is 24.3 Å². The van der Waals surface area contributed by atoms with Crippen molar-refractivity contribution in [2.75, 3.05) is 43.4 Å². The highest BCUT2D eigenvalue weighted by molar-refractivity contribution is 5.94. The molecule has 2 amide bonds. The summed E-state index contributed by atoms with van der Waals surface area (Å²) >= 11 is 0. The van der Waals surface area contributed by atoms with E-state index in [1.807, 2.05) is 9.80 Å². The Morgan fingerprint density at radius 2 is 1.72 bits per heavy atom. The van der Waals surface area contributed by atoms with Gasteiger partial charge in [0.1, 0.15) is 11.6 Å². The molecular formula is C21H24F2N4O2. The van der Waals surface area contributed by atoms with Crippen molar-refractivity contribution in [3.63, 3.8) is 0 Å². The van der Waals surface area contributed by atoms with Crippen molar-refractivity contribution in [1.82, 2.24) is 9.80 Å². The van der Waals surface area contributed by atoms with Crippen molar-refractivity contribution in [3.8, 4) is 0 Å². The molecule has 1 aliphatic rings. The van der Waals surface area contributed by atoms with Crippen LogP contribution in [0, 0.1) is 11.6 Å². The zero-order chi connectivity index (χ0) is 20.8. The van der Waals surface area contributed by atoms with Gasteiger partial charge in [-0.1, -0.05) is 18.2 Å². The first kappa shape index (κ1) is 20.9. The minimum atomic E-state index is -0.469. The number of rotatable bonds is 6. The second kappa shape index (κ2) is 9.58. The maximum atomic E-state index is 13.6. The molecule has 2 N–H and O–H groups in total. The highest BCUT2D eigenvalue weighted by Crippen LogP contribution is 2.14. The summed E-state index contributed by atoms with van der Waals surface area (Å²) in [5.74, 6) is -1.36. The van der Waals surface area contributed by atoms with Crippen LogP contribution in [0.1, 0.15) is 6.92 Å². The average molecular weight is 402 g/mol. The molecule has 1 saturated heterocycles. The minimum absolute atomic E-state index is 0.159. The third-order valence-corrected chi connectivity index (χ3v) is 4.94. The monoisotopic (exact) mass is 402 g/mol. The Kier molecular flexibility index (Phi) is 6.90. The molecule has 154 valence electrons. The van der Waals surface area contributed by atoms with Crippen LogP contribution in [0.4, 0.5) is 20.2 Å². The van der Waals surface area contributed by atoms with Gasteiger partial charge in [0.2, 0.25) is 11.8 Å². The number of nitrogens with one attached hydrogen (secondary N) is 2. The number of nitrogens with zero attached hydrogens (tertiary/aromatic N) is 2. The van der Waals surface area contributed by atoms with Crippen LogP contribution in [-0.2, 0) is 9.59 Å². The van der Waals surface area contributed by atoms with Crippen LogP contribution in [0.25, 0.3) is 0 Å². The van der Waals surface area contributed by atoms with Crippen LogP contribution in [0.15, 0.2) is 48.5 Å². The van der Waals surface area contributed by atoms with E-state index in [4.69, 9.17) is 0 Å². The zero-order valence-electron chi connectivity index (χ0n) is 16.2. The number of anilines is 2.